The number of fused-ring (bicyclic) bond motifs is 1. The summed E-state index contributed by atoms with van der Waals surface area (Å²) in [5.41, 5.74) is 2.08. The Balaban J connectivity index is 2.09. The van der Waals surface area contributed by atoms with Crippen molar-refractivity contribution in [3.8, 4) is 0 Å². The third-order valence-electron chi connectivity index (χ3n) is 3.03. The number of aryl methyl sites for hydroxylation is 1. The van der Waals surface area contributed by atoms with Crippen molar-refractivity contribution in [1.29, 1.82) is 0 Å². The number of aromatic amines is 1. The van der Waals surface area contributed by atoms with Crippen molar-refractivity contribution in [2.45, 2.75) is 38.1 Å². The van der Waals surface area contributed by atoms with E-state index in [0.717, 1.165) is 30.5 Å². The zero-order valence-electron chi connectivity index (χ0n) is 9.36. The maximum absolute atomic E-state index is 12.0. The molecule has 0 fully saturated rings. The number of hydrogen-bond acceptors (Lipinski definition) is 3. The van der Waals surface area contributed by atoms with Gasteiger partial charge in [-0.25, -0.2) is 0 Å². The van der Waals surface area contributed by atoms with Crippen molar-refractivity contribution in [3.63, 3.8) is 0 Å². The molecule has 5 heteroatoms. The van der Waals surface area contributed by atoms with E-state index in [-0.39, 0.29) is 24.5 Å². The molecular formula is C11H17N3O2. The van der Waals surface area contributed by atoms with Gasteiger partial charge in [0.05, 0.1) is 18.7 Å². The predicted octanol–water partition coefficient (Wildman–Crippen LogP) is 0.327. The Labute approximate surface area is 94.2 Å². The first-order valence-electron chi connectivity index (χ1n) is 5.65. The number of amides is 1. The van der Waals surface area contributed by atoms with E-state index >= 15 is 0 Å². The van der Waals surface area contributed by atoms with Crippen molar-refractivity contribution >= 4 is 5.91 Å². The molecule has 16 heavy (non-hydrogen) atoms. The molecule has 1 heterocycles. The highest BCUT2D eigenvalue weighted by atomic mass is 16.3. The highest BCUT2D eigenvalue weighted by Crippen LogP contribution is 2.30. The molecule has 3 N–H and O–H groups in total. The number of rotatable bonds is 3. The Bertz CT molecular complexity index is 375. The van der Waals surface area contributed by atoms with E-state index in [1.807, 2.05) is 0 Å². The Morgan fingerprint density at radius 2 is 2.62 bits per heavy atom. The minimum Gasteiger partial charge on any atom is -0.394 e. The fraction of sp³-hybridized carbons (Fsp3) is 0.636. The number of aromatic nitrogens is 2. The fourth-order valence-corrected chi connectivity index (χ4v) is 2.12. The van der Waals surface area contributed by atoms with Gasteiger partial charge in [0.1, 0.15) is 0 Å². The molecule has 0 aliphatic heterocycles. The molecule has 1 amide bonds. The van der Waals surface area contributed by atoms with Crippen LogP contribution in [0, 0.1) is 0 Å². The van der Waals surface area contributed by atoms with Crippen LogP contribution in [0.1, 0.15) is 36.9 Å². The van der Waals surface area contributed by atoms with Crippen LogP contribution in [-0.2, 0) is 11.2 Å². The first-order valence-corrected chi connectivity index (χ1v) is 5.65. The molecule has 0 saturated heterocycles. The largest absolute Gasteiger partial charge is 0.394 e. The van der Waals surface area contributed by atoms with E-state index in [9.17, 15) is 4.79 Å². The van der Waals surface area contributed by atoms with E-state index in [4.69, 9.17) is 5.11 Å². The Morgan fingerprint density at radius 3 is 3.38 bits per heavy atom. The molecule has 88 valence electrons. The minimum atomic E-state index is -0.190. The van der Waals surface area contributed by atoms with Gasteiger partial charge in [0.2, 0.25) is 5.91 Å². The predicted molar refractivity (Wildman–Crippen MR) is 59.0 cm³/mol. The Hall–Kier alpha value is -1.36. The number of carbonyl (C=O) groups excluding carboxylic acids is 1. The van der Waals surface area contributed by atoms with E-state index in [1.54, 1.807) is 13.1 Å². The van der Waals surface area contributed by atoms with Gasteiger partial charge in [-0.2, -0.15) is 5.10 Å². The molecule has 0 spiro atoms. The topological polar surface area (TPSA) is 78.0 Å². The van der Waals surface area contributed by atoms with Crippen LogP contribution in [0.4, 0.5) is 0 Å². The average molecular weight is 223 g/mol. The summed E-state index contributed by atoms with van der Waals surface area (Å²) in [4.78, 5) is 12.0. The highest BCUT2D eigenvalue weighted by molar-refractivity contribution is 5.84. The summed E-state index contributed by atoms with van der Waals surface area (Å²) in [6, 6.07) is -0.190. The van der Waals surface area contributed by atoms with Crippen molar-refractivity contribution in [2.24, 2.45) is 0 Å². The number of aliphatic hydroxyl groups is 1. The second kappa shape index (κ2) is 4.65. The molecule has 1 aliphatic carbocycles. The van der Waals surface area contributed by atoms with Crippen LogP contribution in [0.15, 0.2) is 6.20 Å². The molecule has 1 aromatic heterocycles. The highest BCUT2D eigenvalue weighted by Gasteiger charge is 2.28. The standard InChI is InChI=1S/C11H17N3O2/c1-7(6-15)13-11(16)8-3-2-4-10-9(8)5-12-14-10/h5,7-8,15H,2-4,6H2,1H3,(H,12,14)(H,13,16). The van der Waals surface area contributed by atoms with Crippen LogP contribution in [-0.4, -0.2) is 33.9 Å². The molecule has 0 aromatic carbocycles. The molecule has 2 unspecified atom stereocenters. The molecule has 5 nitrogen and oxygen atoms in total. The van der Waals surface area contributed by atoms with Crippen LogP contribution < -0.4 is 5.32 Å². The summed E-state index contributed by atoms with van der Waals surface area (Å²) in [6.45, 7) is 1.76. The van der Waals surface area contributed by atoms with E-state index < -0.39 is 0 Å². The second-order valence-corrected chi connectivity index (χ2v) is 4.34. The Kier molecular flexibility index (Phi) is 3.24. The third kappa shape index (κ3) is 2.09. The number of H-pyrrole nitrogens is 1. The SMILES string of the molecule is CC(CO)NC(=O)C1CCCc2[nH]ncc21. The van der Waals surface area contributed by atoms with Crippen molar-refractivity contribution in [2.75, 3.05) is 6.61 Å². The van der Waals surface area contributed by atoms with E-state index in [0.29, 0.717) is 0 Å². The van der Waals surface area contributed by atoms with Gasteiger partial charge in [0, 0.05) is 17.3 Å². The first kappa shape index (κ1) is 11.1. The van der Waals surface area contributed by atoms with Gasteiger partial charge in [-0.3, -0.25) is 9.89 Å². The van der Waals surface area contributed by atoms with Crippen LogP contribution in [0.5, 0.6) is 0 Å². The smallest absolute Gasteiger partial charge is 0.227 e. The zero-order chi connectivity index (χ0) is 11.5. The summed E-state index contributed by atoms with van der Waals surface area (Å²) in [7, 11) is 0. The summed E-state index contributed by atoms with van der Waals surface area (Å²) in [5.74, 6) is -0.125. The van der Waals surface area contributed by atoms with Gasteiger partial charge in [0.15, 0.2) is 0 Å². The summed E-state index contributed by atoms with van der Waals surface area (Å²) < 4.78 is 0. The molecule has 1 aliphatic rings. The van der Waals surface area contributed by atoms with Crippen molar-refractivity contribution in [1.82, 2.24) is 15.5 Å². The number of aliphatic hydroxyl groups excluding tert-OH is 1. The van der Waals surface area contributed by atoms with Gasteiger partial charge >= 0.3 is 0 Å². The van der Waals surface area contributed by atoms with E-state index in [1.165, 1.54) is 0 Å². The summed E-state index contributed by atoms with van der Waals surface area (Å²) in [5, 5.41) is 18.6. The van der Waals surface area contributed by atoms with Crippen molar-refractivity contribution in [3.05, 3.63) is 17.5 Å². The lowest BCUT2D eigenvalue weighted by Gasteiger charge is -2.22. The molecule has 2 atom stereocenters. The van der Waals surface area contributed by atoms with Crippen LogP contribution >= 0.6 is 0 Å². The van der Waals surface area contributed by atoms with Gasteiger partial charge in [-0.05, 0) is 26.2 Å². The maximum atomic E-state index is 12.0. The normalized spacial score (nSPS) is 21.2. The second-order valence-electron chi connectivity index (χ2n) is 4.34. The monoisotopic (exact) mass is 223 g/mol. The lowest BCUT2D eigenvalue weighted by atomic mass is 9.86. The first-order chi connectivity index (χ1) is 7.72. The van der Waals surface area contributed by atoms with Crippen LogP contribution in [0.2, 0.25) is 0 Å². The van der Waals surface area contributed by atoms with E-state index in [2.05, 4.69) is 15.5 Å². The van der Waals surface area contributed by atoms with Crippen LogP contribution in [0.25, 0.3) is 0 Å². The van der Waals surface area contributed by atoms with Crippen LogP contribution in [0.3, 0.4) is 0 Å². The lowest BCUT2D eigenvalue weighted by Crippen LogP contribution is -2.39. The zero-order valence-corrected chi connectivity index (χ0v) is 9.36. The molecule has 2 rings (SSSR count). The van der Waals surface area contributed by atoms with Gasteiger partial charge < -0.3 is 10.4 Å². The molecular weight excluding hydrogens is 206 g/mol. The third-order valence-corrected chi connectivity index (χ3v) is 3.03. The Morgan fingerprint density at radius 1 is 1.81 bits per heavy atom. The number of nitrogens with one attached hydrogen (secondary N) is 2. The van der Waals surface area contributed by atoms with Gasteiger partial charge in [-0.15, -0.1) is 0 Å². The minimum absolute atomic E-state index is 0.0103. The number of nitrogens with zero attached hydrogens (tertiary/aromatic N) is 1. The maximum Gasteiger partial charge on any atom is 0.227 e. The van der Waals surface area contributed by atoms with Gasteiger partial charge in [0.25, 0.3) is 0 Å². The molecule has 0 saturated carbocycles. The summed E-state index contributed by atoms with van der Waals surface area (Å²) in [6.07, 6.45) is 4.56. The molecule has 1 aromatic rings. The fourth-order valence-electron chi connectivity index (χ4n) is 2.12. The quantitative estimate of drug-likeness (QED) is 0.691. The molecule has 0 bridgehead atoms. The number of carbonyl (C=O) groups is 1. The van der Waals surface area contributed by atoms with Crippen molar-refractivity contribution < 1.29 is 9.90 Å². The number of hydrogen-bond donors (Lipinski definition) is 3. The van der Waals surface area contributed by atoms with Gasteiger partial charge in [-0.1, -0.05) is 0 Å². The molecule has 0 radical (unpaired) electrons. The summed E-state index contributed by atoms with van der Waals surface area (Å²) >= 11 is 0. The lowest BCUT2D eigenvalue weighted by molar-refractivity contribution is -0.123. The average Bonchev–Trinajstić information content (AvgIpc) is 2.76.